The number of benzene rings is 1. The average molecular weight is 371 g/mol. The third-order valence-electron chi connectivity index (χ3n) is 3.48. The molecule has 2 heterocycles. The van der Waals surface area contributed by atoms with Crippen LogP contribution < -0.4 is 5.32 Å². The largest absolute Gasteiger partial charge is 0.346 e. The number of carbonyl (C=O) groups excluding carboxylic acids is 1. The highest BCUT2D eigenvalue weighted by Crippen LogP contribution is 2.18. The van der Waals surface area contributed by atoms with Crippen LogP contribution in [0.4, 0.5) is 0 Å². The van der Waals surface area contributed by atoms with Gasteiger partial charge in [0.15, 0.2) is 0 Å². The highest BCUT2D eigenvalue weighted by Gasteiger charge is 2.11. The Labute approximate surface area is 142 Å². The van der Waals surface area contributed by atoms with Gasteiger partial charge in [0.25, 0.3) is 5.91 Å². The van der Waals surface area contributed by atoms with E-state index in [2.05, 4.69) is 31.3 Å². The molecule has 0 spiro atoms. The second-order valence-corrected chi connectivity index (χ2v) is 5.90. The van der Waals surface area contributed by atoms with Crippen molar-refractivity contribution >= 4 is 21.8 Å². The lowest BCUT2D eigenvalue weighted by Crippen LogP contribution is -2.24. The maximum absolute atomic E-state index is 12.2. The van der Waals surface area contributed by atoms with Crippen LogP contribution in [0.1, 0.15) is 16.1 Å². The van der Waals surface area contributed by atoms with Crippen molar-refractivity contribution in [3.05, 3.63) is 70.6 Å². The van der Waals surface area contributed by atoms with Crippen LogP contribution in [0.3, 0.4) is 0 Å². The Kier molecular flexibility index (Phi) is 4.52. The van der Waals surface area contributed by atoms with Gasteiger partial charge in [-0.05, 0) is 46.3 Å². The van der Waals surface area contributed by atoms with Crippen LogP contribution in [0.25, 0.3) is 11.3 Å². The number of pyridine rings is 1. The van der Waals surface area contributed by atoms with Gasteiger partial charge >= 0.3 is 0 Å². The number of halogens is 1. The molecule has 0 unspecified atom stereocenters. The first-order valence-electron chi connectivity index (χ1n) is 7.11. The molecule has 3 rings (SSSR count). The van der Waals surface area contributed by atoms with E-state index in [9.17, 15) is 4.79 Å². The topological polar surface area (TPSA) is 59.8 Å². The first kappa shape index (κ1) is 15.4. The molecule has 0 aliphatic heterocycles. The number of aromatic nitrogens is 3. The van der Waals surface area contributed by atoms with Crippen LogP contribution in [-0.2, 0) is 13.6 Å². The van der Waals surface area contributed by atoms with Gasteiger partial charge in [0.2, 0.25) is 0 Å². The fraction of sp³-hybridized carbons (Fsp3) is 0.118. The first-order valence-corrected chi connectivity index (χ1v) is 7.90. The number of hydrogen-bond acceptors (Lipinski definition) is 3. The Balaban J connectivity index is 1.73. The van der Waals surface area contributed by atoms with E-state index in [1.807, 2.05) is 43.4 Å². The monoisotopic (exact) mass is 370 g/mol. The molecule has 0 fully saturated rings. The standard InChI is InChI=1S/C17H15BrN4O/c1-22-13(9-16(21-22)12-5-4-8-19-10-12)11-20-17(23)14-6-2-3-7-15(14)18/h2-10H,11H2,1H3,(H,20,23). The molecule has 2 aromatic heterocycles. The fourth-order valence-electron chi connectivity index (χ4n) is 2.24. The van der Waals surface area contributed by atoms with Gasteiger partial charge < -0.3 is 5.32 Å². The van der Waals surface area contributed by atoms with Crippen molar-refractivity contribution in [3.8, 4) is 11.3 Å². The predicted molar refractivity (Wildman–Crippen MR) is 91.8 cm³/mol. The molecule has 1 amide bonds. The molecule has 0 radical (unpaired) electrons. The summed E-state index contributed by atoms with van der Waals surface area (Å²) < 4.78 is 2.54. The first-order chi connectivity index (χ1) is 11.1. The number of aryl methyl sites for hydroxylation is 1. The summed E-state index contributed by atoms with van der Waals surface area (Å²) in [4.78, 5) is 16.3. The van der Waals surface area contributed by atoms with Gasteiger partial charge in [-0.2, -0.15) is 5.10 Å². The van der Waals surface area contributed by atoms with Crippen LogP contribution in [0.15, 0.2) is 59.3 Å². The molecular weight excluding hydrogens is 356 g/mol. The third-order valence-corrected chi connectivity index (χ3v) is 4.17. The highest BCUT2D eigenvalue weighted by molar-refractivity contribution is 9.10. The minimum atomic E-state index is -0.124. The Bertz CT molecular complexity index is 830. The van der Waals surface area contributed by atoms with E-state index in [-0.39, 0.29) is 5.91 Å². The van der Waals surface area contributed by atoms with Gasteiger partial charge in [0.1, 0.15) is 0 Å². The molecule has 23 heavy (non-hydrogen) atoms. The molecule has 5 nitrogen and oxygen atoms in total. The van der Waals surface area contributed by atoms with E-state index >= 15 is 0 Å². The van der Waals surface area contributed by atoms with E-state index < -0.39 is 0 Å². The van der Waals surface area contributed by atoms with Crippen molar-refractivity contribution in [3.63, 3.8) is 0 Å². The van der Waals surface area contributed by atoms with Crippen molar-refractivity contribution in [2.24, 2.45) is 7.05 Å². The summed E-state index contributed by atoms with van der Waals surface area (Å²) in [5, 5.41) is 7.38. The van der Waals surface area contributed by atoms with Gasteiger partial charge in [0, 0.05) is 29.5 Å². The summed E-state index contributed by atoms with van der Waals surface area (Å²) in [7, 11) is 1.86. The second kappa shape index (κ2) is 6.75. The van der Waals surface area contributed by atoms with Crippen LogP contribution in [0.2, 0.25) is 0 Å². The maximum atomic E-state index is 12.2. The lowest BCUT2D eigenvalue weighted by atomic mass is 10.2. The van der Waals surface area contributed by atoms with E-state index in [0.29, 0.717) is 12.1 Å². The van der Waals surface area contributed by atoms with Crippen molar-refractivity contribution in [1.29, 1.82) is 0 Å². The van der Waals surface area contributed by atoms with Gasteiger partial charge in [-0.15, -0.1) is 0 Å². The van der Waals surface area contributed by atoms with Crippen LogP contribution >= 0.6 is 15.9 Å². The highest BCUT2D eigenvalue weighted by atomic mass is 79.9. The second-order valence-electron chi connectivity index (χ2n) is 5.05. The summed E-state index contributed by atoms with van der Waals surface area (Å²) in [5.41, 5.74) is 3.32. The van der Waals surface area contributed by atoms with E-state index in [4.69, 9.17) is 0 Å². The molecule has 0 saturated carbocycles. The van der Waals surface area contributed by atoms with Crippen molar-refractivity contribution < 1.29 is 4.79 Å². The maximum Gasteiger partial charge on any atom is 0.252 e. The molecule has 116 valence electrons. The Hall–Kier alpha value is -2.47. The number of nitrogens with one attached hydrogen (secondary N) is 1. The molecule has 0 bridgehead atoms. The molecular formula is C17H15BrN4O. The quantitative estimate of drug-likeness (QED) is 0.767. The fourth-order valence-corrected chi connectivity index (χ4v) is 2.70. The predicted octanol–water partition coefficient (Wildman–Crippen LogP) is 3.17. The van der Waals surface area contributed by atoms with Crippen LogP contribution in [0, 0.1) is 0 Å². The zero-order valence-corrected chi connectivity index (χ0v) is 14.1. The van der Waals surface area contributed by atoms with E-state index in [0.717, 1.165) is 21.4 Å². The molecule has 1 N–H and O–H groups in total. The molecule has 0 aliphatic rings. The van der Waals surface area contributed by atoms with Gasteiger partial charge in [-0.3, -0.25) is 14.5 Å². The smallest absolute Gasteiger partial charge is 0.252 e. The molecule has 3 aromatic rings. The number of amides is 1. The zero-order valence-electron chi connectivity index (χ0n) is 12.5. The average Bonchev–Trinajstić information content (AvgIpc) is 2.95. The summed E-state index contributed by atoms with van der Waals surface area (Å²) in [5.74, 6) is -0.124. The molecule has 6 heteroatoms. The number of hydrogen-bond donors (Lipinski definition) is 1. The molecule has 1 aromatic carbocycles. The lowest BCUT2D eigenvalue weighted by molar-refractivity contribution is 0.0949. The van der Waals surface area contributed by atoms with Crippen LogP contribution in [0.5, 0.6) is 0 Å². The minimum absolute atomic E-state index is 0.124. The summed E-state index contributed by atoms with van der Waals surface area (Å²) in [6.45, 7) is 0.407. The van der Waals surface area contributed by atoms with Crippen molar-refractivity contribution in [2.45, 2.75) is 6.54 Å². The molecule has 0 saturated heterocycles. The summed E-state index contributed by atoms with van der Waals surface area (Å²) in [6.07, 6.45) is 3.50. The van der Waals surface area contributed by atoms with Gasteiger partial charge in [-0.1, -0.05) is 12.1 Å². The number of carbonyl (C=O) groups is 1. The number of nitrogens with zero attached hydrogens (tertiary/aromatic N) is 3. The van der Waals surface area contributed by atoms with Gasteiger partial charge in [-0.25, -0.2) is 0 Å². The molecule has 0 atom stereocenters. The normalized spacial score (nSPS) is 10.5. The lowest BCUT2D eigenvalue weighted by Gasteiger charge is -2.06. The number of rotatable bonds is 4. The summed E-state index contributed by atoms with van der Waals surface area (Å²) in [6, 6.07) is 13.1. The van der Waals surface area contributed by atoms with E-state index in [1.165, 1.54) is 0 Å². The summed E-state index contributed by atoms with van der Waals surface area (Å²) >= 11 is 3.39. The Morgan fingerprint density at radius 3 is 2.83 bits per heavy atom. The van der Waals surface area contributed by atoms with Crippen molar-refractivity contribution in [1.82, 2.24) is 20.1 Å². The Morgan fingerprint density at radius 1 is 1.26 bits per heavy atom. The van der Waals surface area contributed by atoms with Gasteiger partial charge in [0.05, 0.1) is 23.5 Å². The Morgan fingerprint density at radius 2 is 2.09 bits per heavy atom. The van der Waals surface area contributed by atoms with Crippen LogP contribution in [-0.4, -0.2) is 20.7 Å². The zero-order chi connectivity index (χ0) is 16.2. The van der Waals surface area contributed by atoms with Crippen molar-refractivity contribution in [2.75, 3.05) is 0 Å². The molecule has 0 aliphatic carbocycles. The minimum Gasteiger partial charge on any atom is -0.346 e. The third kappa shape index (κ3) is 3.48. The SMILES string of the molecule is Cn1nc(-c2cccnc2)cc1CNC(=O)c1ccccc1Br. The van der Waals surface area contributed by atoms with E-state index in [1.54, 1.807) is 23.1 Å².